The van der Waals surface area contributed by atoms with Gasteiger partial charge in [0.2, 0.25) is 0 Å². The number of carbonyl (C=O) groups is 1. The highest BCUT2D eigenvalue weighted by molar-refractivity contribution is 7.13. The average molecular weight is 421 g/mol. The summed E-state index contributed by atoms with van der Waals surface area (Å²) in [4.78, 5) is 18.1. The van der Waals surface area contributed by atoms with Gasteiger partial charge in [-0.1, -0.05) is 36.4 Å². The number of rotatable bonds is 7. The zero-order valence-electron chi connectivity index (χ0n) is 15.9. The van der Waals surface area contributed by atoms with Crippen molar-refractivity contribution in [2.45, 2.75) is 13.0 Å². The highest BCUT2D eigenvalue weighted by atomic mass is 32.1. The monoisotopic (exact) mass is 420 g/mol. The molecule has 0 aliphatic rings. The molecule has 6 heteroatoms. The summed E-state index contributed by atoms with van der Waals surface area (Å²) in [6.45, 7) is 1.94. The third-order valence-corrected chi connectivity index (χ3v) is 6.30. The van der Waals surface area contributed by atoms with E-state index in [9.17, 15) is 4.79 Å². The number of ether oxygens (including phenoxy) is 1. The molecule has 0 aliphatic heterocycles. The first-order valence-electron chi connectivity index (χ1n) is 9.22. The summed E-state index contributed by atoms with van der Waals surface area (Å²) in [7, 11) is 0. The van der Waals surface area contributed by atoms with Crippen LogP contribution >= 0.6 is 22.7 Å². The Balaban J connectivity index is 1.38. The molecule has 1 atom stereocenters. The van der Waals surface area contributed by atoms with E-state index in [1.165, 1.54) is 0 Å². The van der Waals surface area contributed by atoms with Gasteiger partial charge in [-0.15, -0.1) is 22.7 Å². The summed E-state index contributed by atoms with van der Waals surface area (Å²) in [6.07, 6.45) is 0. The molecule has 146 valence electrons. The highest BCUT2D eigenvalue weighted by Gasteiger charge is 2.18. The molecular formula is C23H20N2O2S2. The van der Waals surface area contributed by atoms with E-state index in [0.717, 1.165) is 26.7 Å². The molecule has 1 N–H and O–H groups in total. The Bertz CT molecular complexity index is 1060. The molecule has 2 heterocycles. The van der Waals surface area contributed by atoms with Gasteiger partial charge in [-0.3, -0.25) is 4.79 Å². The van der Waals surface area contributed by atoms with Crippen molar-refractivity contribution >= 4 is 28.6 Å². The summed E-state index contributed by atoms with van der Waals surface area (Å²) >= 11 is 3.24. The Labute approximate surface area is 177 Å². The fraction of sp³-hybridized carbons (Fsp3) is 0.130. The molecule has 0 radical (unpaired) electrons. The van der Waals surface area contributed by atoms with Crippen LogP contribution in [-0.2, 0) is 4.79 Å². The van der Waals surface area contributed by atoms with E-state index in [0.29, 0.717) is 5.75 Å². The second-order valence-electron chi connectivity index (χ2n) is 6.53. The number of hydrogen-bond donors (Lipinski definition) is 1. The molecule has 0 bridgehead atoms. The molecule has 0 fully saturated rings. The predicted octanol–water partition coefficient (Wildman–Crippen LogP) is 5.46. The summed E-state index contributed by atoms with van der Waals surface area (Å²) < 4.78 is 5.69. The molecule has 4 rings (SSSR count). The van der Waals surface area contributed by atoms with E-state index in [1.807, 2.05) is 84.4 Å². The number of amides is 1. The lowest BCUT2D eigenvalue weighted by Gasteiger charge is -2.18. The van der Waals surface area contributed by atoms with Gasteiger partial charge in [-0.2, -0.15) is 0 Å². The van der Waals surface area contributed by atoms with Crippen LogP contribution in [0.25, 0.3) is 10.6 Å². The van der Waals surface area contributed by atoms with E-state index in [-0.39, 0.29) is 18.6 Å². The minimum absolute atomic E-state index is 0.0373. The maximum absolute atomic E-state index is 12.5. The lowest BCUT2D eigenvalue weighted by molar-refractivity contribution is -0.123. The lowest BCUT2D eigenvalue weighted by atomic mass is 10.1. The van der Waals surface area contributed by atoms with Crippen LogP contribution in [-0.4, -0.2) is 17.5 Å². The summed E-state index contributed by atoms with van der Waals surface area (Å²) in [5.74, 6) is 0.497. The van der Waals surface area contributed by atoms with Crippen LogP contribution < -0.4 is 10.1 Å². The second kappa shape index (κ2) is 9.03. The van der Waals surface area contributed by atoms with Crippen LogP contribution in [0.3, 0.4) is 0 Å². The molecule has 0 aliphatic carbocycles. The minimum Gasteiger partial charge on any atom is -0.484 e. The number of aryl methyl sites for hydroxylation is 1. The Morgan fingerprint density at radius 1 is 1.03 bits per heavy atom. The van der Waals surface area contributed by atoms with Gasteiger partial charge in [0.15, 0.2) is 6.61 Å². The first-order valence-corrected chi connectivity index (χ1v) is 11.0. The fourth-order valence-electron chi connectivity index (χ4n) is 2.95. The van der Waals surface area contributed by atoms with Crippen molar-refractivity contribution in [2.75, 3.05) is 6.61 Å². The zero-order valence-corrected chi connectivity index (χ0v) is 17.5. The van der Waals surface area contributed by atoms with Crippen molar-refractivity contribution in [3.63, 3.8) is 0 Å². The van der Waals surface area contributed by atoms with Crippen molar-refractivity contribution in [3.8, 4) is 16.3 Å². The van der Waals surface area contributed by atoms with Crippen LogP contribution in [0, 0.1) is 6.92 Å². The molecule has 2 aromatic carbocycles. The fourth-order valence-corrected chi connectivity index (χ4v) is 4.56. The maximum Gasteiger partial charge on any atom is 0.258 e. The number of carbonyl (C=O) groups excluding carboxylic acids is 1. The Morgan fingerprint density at radius 3 is 2.48 bits per heavy atom. The number of thiophene rings is 1. The average Bonchev–Trinajstić information content (AvgIpc) is 3.43. The lowest BCUT2D eigenvalue weighted by Crippen LogP contribution is -2.32. The molecule has 2 aromatic heterocycles. The smallest absolute Gasteiger partial charge is 0.258 e. The van der Waals surface area contributed by atoms with Crippen molar-refractivity contribution in [2.24, 2.45) is 0 Å². The molecule has 0 spiro atoms. The van der Waals surface area contributed by atoms with Crippen LogP contribution in [0.15, 0.2) is 77.5 Å². The first-order chi connectivity index (χ1) is 14.2. The van der Waals surface area contributed by atoms with Gasteiger partial charge < -0.3 is 10.1 Å². The molecule has 1 amide bonds. The molecule has 0 saturated heterocycles. The first kappa shape index (κ1) is 19.4. The number of nitrogens with zero attached hydrogens (tertiary/aromatic N) is 1. The standard InChI is InChI=1S/C23H20N2O2S2/c1-16-15-29-23(24-16)18-9-11-19(12-10-18)27-14-21(26)25-22(20-8-5-13-28-20)17-6-3-2-4-7-17/h2-13,15,22H,14H2,1H3,(H,25,26)/t22-/m0/s1. The molecular weight excluding hydrogens is 400 g/mol. The Kier molecular flexibility index (Phi) is 6.03. The van der Waals surface area contributed by atoms with Gasteiger partial charge in [0.1, 0.15) is 10.8 Å². The summed E-state index contributed by atoms with van der Waals surface area (Å²) in [5.41, 5.74) is 3.11. The van der Waals surface area contributed by atoms with Crippen LogP contribution in [0.2, 0.25) is 0 Å². The minimum atomic E-state index is -0.178. The van der Waals surface area contributed by atoms with Gasteiger partial charge in [-0.25, -0.2) is 4.98 Å². The largest absolute Gasteiger partial charge is 0.484 e. The Morgan fingerprint density at radius 2 is 1.83 bits per heavy atom. The second-order valence-corrected chi connectivity index (χ2v) is 8.37. The van der Waals surface area contributed by atoms with Crippen molar-refractivity contribution in [1.29, 1.82) is 0 Å². The van der Waals surface area contributed by atoms with Gasteiger partial charge >= 0.3 is 0 Å². The maximum atomic E-state index is 12.5. The van der Waals surface area contributed by atoms with Crippen molar-refractivity contribution < 1.29 is 9.53 Å². The SMILES string of the molecule is Cc1csc(-c2ccc(OCC(=O)N[C@@H](c3ccccc3)c3cccs3)cc2)n1. The molecule has 0 unspecified atom stereocenters. The normalized spacial score (nSPS) is 11.8. The molecule has 0 saturated carbocycles. The highest BCUT2D eigenvalue weighted by Crippen LogP contribution is 2.27. The van der Waals surface area contributed by atoms with Crippen LogP contribution in [0.4, 0.5) is 0 Å². The number of thiazole rings is 1. The van der Waals surface area contributed by atoms with E-state index in [4.69, 9.17) is 4.74 Å². The summed E-state index contributed by atoms with van der Waals surface area (Å²) in [5, 5.41) is 8.11. The van der Waals surface area contributed by atoms with Gasteiger partial charge in [-0.05, 0) is 48.2 Å². The van der Waals surface area contributed by atoms with E-state index in [2.05, 4.69) is 10.3 Å². The summed E-state index contributed by atoms with van der Waals surface area (Å²) in [6, 6.07) is 21.5. The molecule has 4 aromatic rings. The predicted molar refractivity (Wildman–Crippen MR) is 119 cm³/mol. The molecule has 29 heavy (non-hydrogen) atoms. The Hall–Kier alpha value is -2.96. The quantitative estimate of drug-likeness (QED) is 0.432. The third kappa shape index (κ3) is 4.91. The molecule has 4 nitrogen and oxygen atoms in total. The topological polar surface area (TPSA) is 51.2 Å². The van der Waals surface area contributed by atoms with Crippen molar-refractivity contribution in [3.05, 3.63) is 93.6 Å². The van der Waals surface area contributed by atoms with Gasteiger partial charge in [0.05, 0.1) is 6.04 Å². The third-order valence-electron chi connectivity index (χ3n) is 4.36. The zero-order chi connectivity index (χ0) is 20.1. The van der Waals surface area contributed by atoms with Crippen LogP contribution in [0.5, 0.6) is 5.75 Å². The van der Waals surface area contributed by atoms with E-state index < -0.39 is 0 Å². The number of aromatic nitrogens is 1. The van der Waals surface area contributed by atoms with Gasteiger partial charge in [0, 0.05) is 21.5 Å². The van der Waals surface area contributed by atoms with Crippen molar-refractivity contribution in [1.82, 2.24) is 10.3 Å². The van der Waals surface area contributed by atoms with Crippen LogP contribution in [0.1, 0.15) is 22.2 Å². The van der Waals surface area contributed by atoms with E-state index in [1.54, 1.807) is 22.7 Å². The number of hydrogen-bond acceptors (Lipinski definition) is 5. The number of nitrogens with one attached hydrogen (secondary N) is 1. The van der Waals surface area contributed by atoms with Gasteiger partial charge in [0.25, 0.3) is 5.91 Å². The number of benzene rings is 2. The van der Waals surface area contributed by atoms with E-state index >= 15 is 0 Å².